The van der Waals surface area contributed by atoms with E-state index in [0.29, 0.717) is 5.02 Å². The molecule has 1 aromatic rings. The Hall–Kier alpha value is -0.740. The molecule has 13 heavy (non-hydrogen) atoms. The fourth-order valence-electron chi connectivity index (χ4n) is 0.687. The topological polar surface area (TPSA) is 35.5 Å². The second kappa shape index (κ2) is 4.48. The van der Waals surface area contributed by atoms with E-state index in [2.05, 4.69) is 20.7 Å². The van der Waals surface area contributed by atoms with Gasteiger partial charge in [-0.2, -0.15) is 0 Å². The molecule has 0 unspecified atom stereocenters. The molecular weight excluding hydrogens is 259 g/mol. The van der Waals surface area contributed by atoms with Crippen molar-refractivity contribution in [2.24, 2.45) is 0 Å². The quantitative estimate of drug-likeness (QED) is 0.577. The molecule has 0 aromatic heterocycles. The van der Waals surface area contributed by atoms with E-state index < -0.39 is 6.16 Å². The first-order valence-electron chi connectivity index (χ1n) is 3.34. The van der Waals surface area contributed by atoms with Crippen LogP contribution in [-0.2, 0) is 4.74 Å². The van der Waals surface area contributed by atoms with Gasteiger partial charge in [-0.15, -0.1) is 0 Å². The number of carbonyl (C=O) groups excluding carboxylic acids is 1. The summed E-state index contributed by atoms with van der Waals surface area (Å²) in [5, 5.41) is 0.355. The van der Waals surface area contributed by atoms with E-state index in [0.717, 1.165) is 4.47 Å². The van der Waals surface area contributed by atoms with Gasteiger partial charge >= 0.3 is 6.16 Å². The van der Waals surface area contributed by atoms with Crippen molar-refractivity contribution < 1.29 is 14.3 Å². The molecule has 0 saturated heterocycles. The first kappa shape index (κ1) is 10.3. The standard InChI is InChI=1S/C8H6BrClO3/c1-12-8(11)13-7-4-5(9)2-3-6(7)10/h2-4H,1H3. The van der Waals surface area contributed by atoms with Crippen LogP contribution in [0.5, 0.6) is 5.75 Å². The van der Waals surface area contributed by atoms with Gasteiger partial charge in [0.1, 0.15) is 0 Å². The van der Waals surface area contributed by atoms with E-state index in [9.17, 15) is 4.79 Å². The van der Waals surface area contributed by atoms with Crippen molar-refractivity contribution in [3.63, 3.8) is 0 Å². The number of rotatable bonds is 1. The average Bonchev–Trinajstić information content (AvgIpc) is 2.11. The van der Waals surface area contributed by atoms with Gasteiger partial charge in [0.15, 0.2) is 5.75 Å². The summed E-state index contributed by atoms with van der Waals surface area (Å²) in [5.74, 6) is 0.267. The minimum absolute atomic E-state index is 0.267. The van der Waals surface area contributed by atoms with Gasteiger partial charge in [0.05, 0.1) is 12.1 Å². The molecule has 3 nitrogen and oxygen atoms in total. The first-order chi connectivity index (χ1) is 6.13. The lowest BCUT2D eigenvalue weighted by Gasteiger charge is -2.04. The lowest BCUT2D eigenvalue weighted by molar-refractivity contribution is 0.121. The Morgan fingerprint density at radius 2 is 2.23 bits per heavy atom. The number of ether oxygens (including phenoxy) is 2. The number of hydrogen-bond donors (Lipinski definition) is 0. The van der Waals surface area contributed by atoms with E-state index in [4.69, 9.17) is 16.3 Å². The molecule has 0 saturated carbocycles. The third-order valence-corrected chi connectivity index (χ3v) is 2.06. The van der Waals surface area contributed by atoms with Gasteiger partial charge in [-0.05, 0) is 18.2 Å². The van der Waals surface area contributed by atoms with Crippen LogP contribution in [0.1, 0.15) is 0 Å². The summed E-state index contributed by atoms with van der Waals surface area (Å²) in [7, 11) is 1.23. The summed E-state index contributed by atoms with van der Waals surface area (Å²) in [4.78, 5) is 10.7. The number of carbonyl (C=O) groups is 1. The first-order valence-corrected chi connectivity index (χ1v) is 4.51. The molecule has 0 spiro atoms. The normalized spacial score (nSPS) is 9.46. The highest BCUT2D eigenvalue weighted by molar-refractivity contribution is 9.10. The van der Waals surface area contributed by atoms with Crippen molar-refractivity contribution in [3.05, 3.63) is 27.7 Å². The lowest BCUT2D eigenvalue weighted by Crippen LogP contribution is -2.07. The van der Waals surface area contributed by atoms with Crippen molar-refractivity contribution in [2.45, 2.75) is 0 Å². The molecule has 5 heteroatoms. The van der Waals surface area contributed by atoms with Crippen LogP contribution in [0, 0.1) is 0 Å². The molecular formula is C8H6BrClO3. The van der Waals surface area contributed by atoms with Crippen molar-refractivity contribution >= 4 is 33.7 Å². The van der Waals surface area contributed by atoms with Crippen LogP contribution in [0.4, 0.5) is 4.79 Å². The zero-order valence-corrected chi connectivity index (χ0v) is 9.05. The van der Waals surface area contributed by atoms with Crippen LogP contribution in [0.3, 0.4) is 0 Å². The summed E-state index contributed by atoms with van der Waals surface area (Å²) >= 11 is 8.96. The molecule has 0 bridgehead atoms. The van der Waals surface area contributed by atoms with Gasteiger partial charge in [-0.1, -0.05) is 27.5 Å². The Morgan fingerprint density at radius 1 is 1.54 bits per heavy atom. The Kier molecular flexibility index (Phi) is 3.57. The SMILES string of the molecule is COC(=O)Oc1cc(Br)ccc1Cl. The minimum atomic E-state index is -0.792. The summed E-state index contributed by atoms with van der Waals surface area (Å²) in [6.45, 7) is 0. The zero-order chi connectivity index (χ0) is 9.84. The maximum atomic E-state index is 10.7. The van der Waals surface area contributed by atoms with Crippen molar-refractivity contribution in [2.75, 3.05) is 7.11 Å². The number of hydrogen-bond acceptors (Lipinski definition) is 3. The Balaban J connectivity index is 2.87. The van der Waals surface area contributed by atoms with Gasteiger partial charge < -0.3 is 9.47 Å². The third kappa shape index (κ3) is 2.90. The molecule has 70 valence electrons. The molecule has 1 aromatic carbocycles. The van der Waals surface area contributed by atoms with E-state index in [-0.39, 0.29) is 5.75 Å². The van der Waals surface area contributed by atoms with Gasteiger partial charge in [0, 0.05) is 4.47 Å². The molecule has 0 aliphatic heterocycles. The third-order valence-electron chi connectivity index (χ3n) is 1.25. The Bertz CT molecular complexity index is 327. The molecule has 0 fully saturated rings. The van der Waals surface area contributed by atoms with E-state index in [1.807, 2.05) is 0 Å². The van der Waals surface area contributed by atoms with Crippen LogP contribution >= 0.6 is 27.5 Å². The van der Waals surface area contributed by atoms with Gasteiger partial charge in [0.25, 0.3) is 0 Å². The summed E-state index contributed by atoms with van der Waals surface area (Å²) < 4.78 is 9.84. The smallest absolute Gasteiger partial charge is 0.437 e. The van der Waals surface area contributed by atoms with Crippen molar-refractivity contribution in [1.29, 1.82) is 0 Å². The largest absolute Gasteiger partial charge is 0.513 e. The van der Waals surface area contributed by atoms with Crippen LogP contribution in [0.25, 0.3) is 0 Å². The molecule has 0 heterocycles. The Labute approximate surface area is 88.7 Å². The Morgan fingerprint density at radius 3 is 2.85 bits per heavy atom. The highest BCUT2D eigenvalue weighted by Gasteiger charge is 2.07. The monoisotopic (exact) mass is 264 g/mol. The van der Waals surface area contributed by atoms with Crippen LogP contribution in [-0.4, -0.2) is 13.3 Å². The average molecular weight is 265 g/mol. The van der Waals surface area contributed by atoms with Crippen molar-refractivity contribution in [1.82, 2.24) is 0 Å². The number of benzene rings is 1. The predicted molar refractivity (Wildman–Crippen MR) is 52.2 cm³/mol. The van der Waals surface area contributed by atoms with Crippen LogP contribution in [0.2, 0.25) is 5.02 Å². The molecule has 0 atom stereocenters. The molecule has 1 rings (SSSR count). The maximum Gasteiger partial charge on any atom is 0.513 e. The highest BCUT2D eigenvalue weighted by Crippen LogP contribution is 2.27. The summed E-state index contributed by atoms with van der Waals surface area (Å²) in [6.07, 6.45) is -0.792. The van der Waals surface area contributed by atoms with Gasteiger partial charge in [0.2, 0.25) is 0 Å². The molecule has 0 radical (unpaired) electrons. The second-order valence-corrected chi connectivity index (χ2v) is 3.45. The number of halogens is 2. The molecule has 0 amide bonds. The summed E-state index contributed by atoms with van der Waals surface area (Å²) in [6, 6.07) is 4.94. The van der Waals surface area contributed by atoms with E-state index >= 15 is 0 Å². The fraction of sp³-hybridized carbons (Fsp3) is 0.125. The molecule has 0 N–H and O–H groups in total. The molecule has 0 aliphatic rings. The van der Waals surface area contributed by atoms with Gasteiger partial charge in [-0.3, -0.25) is 0 Å². The summed E-state index contributed by atoms with van der Waals surface area (Å²) in [5.41, 5.74) is 0. The van der Waals surface area contributed by atoms with Crippen molar-refractivity contribution in [3.8, 4) is 5.75 Å². The highest BCUT2D eigenvalue weighted by atomic mass is 79.9. The van der Waals surface area contributed by atoms with Crippen LogP contribution < -0.4 is 4.74 Å². The minimum Gasteiger partial charge on any atom is -0.437 e. The van der Waals surface area contributed by atoms with E-state index in [1.54, 1.807) is 18.2 Å². The molecule has 0 aliphatic carbocycles. The number of methoxy groups -OCH3 is 1. The maximum absolute atomic E-state index is 10.7. The van der Waals surface area contributed by atoms with E-state index in [1.165, 1.54) is 7.11 Å². The van der Waals surface area contributed by atoms with Crippen LogP contribution in [0.15, 0.2) is 22.7 Å². The lowest BCUT2D eigenvalue weighted by atomic mass is 10.3. The van der Waals surface area contributed by atoms with Gasteiger partial charge in [-0.25, -0.2) is 4.79 Å². The zero-order valence-electron chi connectivity index (χ0n) is 6.71. The fourth-order valence-corrected chi connectivity index (χ4v) is 1.18. The second-order valence-electron chi connectivity index (χ2n) is 2.13. The predicted octanol–water partition coefficient (Wildman–Crippen LogP) is 3.25.